The zero-order chi connectivity index (χ0) is 18.0. The number of amides is 2. The second-order valence-electron chi connectivity index (χ2n) is 6.36. The lowest BCUT2D eigenvalue weighted by molar-refractivity contribution is 0.0860. The summed E-state index contributed by atoms with van der Waals surface area (Å²) in [5.41, 5.74) is 2.44. The van der Waals surface area contributed by atoms with Crippen LogP contribution in [0.5, 0.6) is 0 Å². The average molecular weight is 344 g/mol. The van der Waals surface area contributed by atoms with Gasteiger partial charge in [0, 0.05) is 31.7 Å². The van der Waals surface area contributed by atoms with Crippen molar-refractivity contribution in [2.24, 2.45) is 7.05 Å². The van der Waals surface area contributed by atoms with Gasteiger partial charge in [-0.05, 0) is 44.9 Å². The van der Waals surface area contributed by atoms with Crippen molar-refractivity contribution in [3.05, 3.63) is 29.6 Å². The van der Waals surface area contributed by atoms with Gasteiger partial charge in [-0.3, -0.25) is 4.79 Å². The highest BCUT2D eigenvalue weighted by atomic mass is 16.6. The molecule has 0 aliphatic carbocycles. The van der Waals surface area contributed by atoms with Gasteiger partial charge in [0.05, 0.1) is 17.6 Å². The molecule has 0 radical (unpaired) electrons. The quantitative estimate of drug-likeness (QED) is 0.926. The zero-order valence-corrected chi connectivity index (χ0v) is 14.9. The van der Waals surface area contributed by atoms with Crippen LogP contribution in [0.4, 0.5) is 4.79 Å². The summed E-state index contributed by atoms with van der Waals surface area (Å²) >= 11 is 0. The number of rotatable bonds is 3. The Kier molecular flexibility index (Phi) is 4.92. The van der Waals surface area contributed by atoms with E-state index in [4.69, 9.17) is 4.74 Å². The van der Waals surface area contributed by atoms with E-state index in [1.807, 2.05) is 36.7 Å². The number of piperidine rings is 1. The largest absolute Gasteiger partial charge is 0.450 e. The van der Waals surface area contributed by atoms with Gasteiger partial charge in [0.25, 0.3) is 5.91 Å². The van der Waals surface area contributed by atoms with Crippen molar-refractivity contribution in [1.82, 2.24) is 19.8 Å². The minimum Gasteiger partial charge on any atom is -0.450 e. The van der Waals surface area contributed by atoms with Crippen LogP contribution in [0.1, 0.15) is 35.9 Å². The summed E-state index contributed by atoms with van der Waals surface area (Å²) in [5, 5.41) is 3.06. The van der Waals surface area contributed by atoms with Crippen LogP contribution in [-0.4, -0.2) is 52.2 Å². The number of aryl methyl sites for hydroxylation is 2. The van der Waals surface area contributed by atoms with Gasteiger partial charge in [-0.25, -0.2) is 9.78 Å². The molecular weight excluding hydrogens is 320 g/mol. The van der Waals surface area contributed by atoms with Crippen LogP contribution in [0, 0.1) is 6.92 Å². The van der Waals surface area contributed by atoms with Gasteiger partial charge in [0.1, 0.15) is 5.82 Å². The number of nitrogens with one attached hydrogen (secondary N) is 1. The van der Waals surface area contributed by atoms with Crippen LogP contribution in [0.2, 0.25) is 0 Å². The number of hydrogen-bond donors (Lipinski definition) is 1. The molecule has 7 heteroatoms. The number of benzene rings is 1. The maximum absolute atomic E-state index is 12.5. The van der Waals surface area contributed by atoms with Gasteiger partial charge >= 0.3 is 6.09 Å². The fourth-order valence-electron chi connectivity index (χ4n) is 3.15. The van der Waals surface area contributed by atoms with E-state index in [9.17, 15) is 9.59 Å². The number of fused-ring (bicyclic) bond motifs is 1. The van der Waals surface area contributed by atoms with E-state index in [1.165, 1.54) is 0 Å². The molecular formula is C18H24N4O3. The zero-order valence-electron chi connectivity index (χ0n) is 14.9. The highest BCUT2D eigenvalue weighted by Gasteiger charge is 2.25. The summed E-state index contributed by atoms with van der Waals surface area (Å²) < 4.78 is 7.01. The lowest BCUT2D eigenvalue weighted by Crippen LogP contribution is -2.46. The molecule has 0 saturated carbocycles. The number of imidazole rings is 1. The summed E-state index contributed by atoms with van der Waals surface area (Å²) in [6.07, 6.45) is 1.19. The molecule has 0 unspecified atom stereocenters. The first-order valence-corrected chi connectivity index (χ1v) is 8.65. The normalized spacial score (nSPS) is 15.4. The maximum atomic E-state index is 12.5. The molecule has 1 aromatic heterocycles. The molecule has 1 aliphatic rings. The Morgan fingerprint density at radius 2 is 2.04 bits per heavy atom. The van der Waals surface area contributed by atoms with Crippen LogP contribution in [-0.2, 0) is 11.8 Å². The van der Waals surface area contributed by atoms with Crippen molar-refractivity contribution in [1.29, 1.82) is 0 Å². The first kappa shape index (κ1) is 17.3. The fraction of sp³-hybridized carbons (Fsp3) is 0.500. The van der Waals surface area contributed by atoms with Gasteiger partial charge in [-0.1, -0.05) is 0 Å². The van der Waals surface area contributed by atoms with Gasteiger partial charge in [0.15, 0.2) is 0 Å². The predicted molar refractivity (Wildman–Crippen MR) is 94.5 cm³/mol. The Morgan fingerprint density at radius 1 is 1.32 bits per heavy atom. The van der Waals surface area contributed by atoms with Gasteiger partial charge in [-0.15, -0.1) is 0 Å². The van der Waals surface area contributed by atoms with Crippen LogP contribution in [0.25, 0.3) is 11.0 Å². The summed E-state index contributed by atoms with van der Waals surface area (Å²) in [4.78, 5) is 30.4. The molecule has 1 aromatic carbocycles. The molecule has 7 nitrogen and oxygen atoms in total. The van der Waals surface area contributed by atoms with Crippen LogP contribution < -0.4 is 5.32 Å². The molecule has 2 aromatic rings. The molecule has 2 heterocycles. The molecule has 134 valence electrons. The van der Waals surface area contributed by atoms with Crippen molar-refractivity contribution in [3.63, 3.8) is 0 Å². The fourth-order valence-corrected chi connectivity index (χ4v) is 3.15. The van der Waals surface area contributed by atoms with Crippen LogP contribution >= 0.6 is 0 Å². The number of nitrogens with zero attached hydrogens (tertiary/aromatic N) is 3. The summed E-state index contributed by atoms with van der Waals surface area (Å²) in [6.45, 7) is 5.32. The summed E-state index contributed by atoms with van der Waals surface area (Å²) in [6, 6.07) is 5.64. The highest BCUT2D eigenvalue weighted by molar-refractivity contribution is 5.97. The Balaban J connectivity index is 1.61. The van der Waals surface area contributed by atoms with Crippen molar-refractivity contribution < 1.29 is 14.3 Å². The van der Waals surface area contributed by atoms with Crippen molar-refractivity contribution in [3.8, 4) is 0 Å². The molecule has 0 atom stereocenters. The molecule has 25 heavy (non-hydrogen) atoms. The molecule has 1 N–H and O–H groups in total. The van der Waals surface area contributed by atoms with Crippen LogP contribution in [0.15, 0.2) is 18.2 Å². The molecule has 0 spiro atoms. The van der Waals surface area contributed by atoms with Gasteiger partial charge in [0.2, 0.25) is 0 Å². The van der Waals surface area contributed by atoms with E-state index in [2.05, 4.69) is 10.3 Å². The predicted octanol–water partition coefficient (Wildman–Crippen LogP) is 2.23. The number of carbonyl (C=O) groups excluding carboxylic acids is 2. The second-order valence-corrected chi connectivity index (χ2v) is 6.36. The molecule has 1 fully saturated rings. The van der Waals surface area contributed by atoms with Crippen molar-refractivity contribution in [2.45, 2.75) is 32.7 Å². The Labute approximate surface area is 147 Å². The molecule has 3 rings (SSSR count). The second kappa shape index (κ2) is 7.13. The maximum Gasteiger partial charge on any atom is 0.409 e. The summed E-state index contributed by atoms with van der Waals surface area (Å²) in [5.74, 6) is 0.818. The lowest BCUT2D eigenvalue weighted by Gasteiger charge is -2.31. The molecule has 2 amide bonds. The molecule has 1 saturated heterocycles. The molecule has 0 bridgehead atoms. The first-order chi connectivity index (χ1) is 12.0. The Bertz CT molecular complexity index is 791. The van der Waals surface area contributed by atoms with Gasteiger partial charge in [-0.2, -0.15) is 0 Å². The number of aromatic nitrogens is 2. The lowest BCUT2D eigenvalue weighted by atomic mass is 10.0. The third kappa shape index (κ3) is 3.60. The van der Waals surface area contributed by atoms with E-state index >= 15 is 0 Å². The van der Waals surface area contributed by atoms with E-state index in [-0.39, 0.29) is 18.0 Å². The van der Waals surface area contributed by atoms with Crippen LogP contribution in [0.3, 0.4) is 0 Å². The van der Waals surface area contributed by atoms with E-state index in [0.29, 0.717) is 25.3 Å². The topological polar surface area (TPSA) is 76.5 Å². The number of ether oxygens (including phenoxy) is 1. The average Bonchev–Trinajstić information content (AvgIpc) is 2.89. The van der Waals surface area contributed by atoms with Crippen molar-refractivity contribution >= 4 is 23.0 Å². The highest BCUT2D eigenvalue weighted by Crippen LogP contribution is 2.17. The van der Waals surface area contributed by atoms with E-state index < -0.39 is 0 Å². The minimum atomic E-state index is -0.275. The minimum absolute atomic E-state index is 0.0688. The molecule has 1 aliphatic heterocycles. The smallest absolute Gasteiger partial charge is 0.409 e. The van der Waals surface area contributed by atoms with E-state index in [1.54, 1.807) is 11.8 Å². The SMILES string of the molecule is CCOC(=O)N1CCC(NC(=O)c2ccc3c(c2)nc(C)n3C)CC1. The number of hydrogen-bond acceptors (Lipinski definition) is 4. The summed E-state index contributed by atoms with van der Waals surface area (Å²) in [7, 11) is 1.96. The third-order valence-corrected chi connectivity index (χ3v) is 4.72. The first-order valence-electron chi connectivity index (χ1n) is 8.65. The third-order valence-electron chi connectivity index (χ3n) is 4.72. The number of carbonyl (C=O) groups is 2. The standard InChI is InChI=1S/C18H24N4O3/c1-4-25-18(24)22-9-7-14(8-10-22)20-17(23)13-5-6-16-15(11-13)19-12(2)21(16)3/h5-6,11,14H,4,7-10H2,1-3H3,(H,20,23). The Morgan fingerprint density at radius 3 is 2.72 bits per heavy atom. The van der Waals surface area contributed by atoms with E-state index in [0.717, 1.165) is 29.7 Å². The van der Waals surface area contributed by atoms with Gasteiger partial charge < -0.3 is 19.5 Å². The van der Waals surface area contributed by atoms with Crippen molar-refractivity contribution in [2.75, 3.05) is 19.7 Å². The Hall–Kier alpha value is -2.57. The monoisotopic (exact) mass is 344 g/mol. The number of likely N-dealkylation sites (tertiary alicyclic amines) is 1.